The Labute approximate surface area is 207 Å². The van der Waals surface area contributed by atoms with Crippen LogP contribution in [0.15, 0.2) is 98.0 Å². The second kappa shape index (κ2) is 11.2. The first-order valence-electron chi connectivity index (χ1n) is 9.94. The van der Waals surface area contributed by atoms with E-state index in [4.69, 9.17) is 9.47 Å². The fourth-order valence-corrected chi connectivity index (χ4v) is 5.23. The zero-order valence-corrected chi connectivity index (χ0v) is 21.7. The molecular weight excluding hydrogens is 556 g/mol. The largest absolute Gasteiger partial charge is 0.461 e. The molecule has 1 unspecified atom stereocenters. The molecule has 0 amide bonds. The number of rotatable bonds is 8. The zero-order valence-electron chi connectivity index (χ0n) is 17.7. The lowest BCUT2D eigenvalue weighted by atomic mass is 10.2. The molecule has 0 aliphatic rings. The highest BCUT2D eigenvalue weighted by Gasteiger charge is 2.29. The van der Waals surface area contributed by atoms with Crippen molar-refractivity contribution in [1.29, 1.82) is 0 Å². The van der Waals surface area contributed by atoms with E-state index in [1.807, 2.05) is 42.5 Å². The first-order valence-corrected chi connectivity index (χ1v) is 12.7. The van der Waals surface area contributed by atoms with Crippen LogP contribution in [-0.2, 0) is 25.2 Å². The van der Waals surface area contributed by atoms with Crippen LogP contribution < -0.4 is 0 Å². The first kappa shape index (κ1) is 24.6. The average molecular weight is 579 g/mol. The van der Waals surface area contributed by atoms with E-state index in [0.29, 0.717) is 5.56 Å². The van der Waals surface area contributed by atoms with Gasteiger partial charge in [0.2, 0.25) is 0 Å². The first-order chi connectivity index (χ1) is 15.3. The van der Waals surface area contributed by atoms with Gasteiger partial charge in [-0.25, -0.2) is 4.79 Å². The van der Waals surface area contributed by atoms with Crippen molar-refractivity contribution in [3.05, 3.63) is 88.9 Å². The molecule has 166 valence electrons. The maximum atomic E-state index is 12.4. The molecule has 1 atom stereocenters. The monoisotopic (exact) mass is 577 g/mol. The Bertz CT molecular complexity index is 1050. The lowest BCUT2D eigenvalue weighted by Crippen LogP contribution is -2.28. The molecule has 0 bridgehead atoms. The summed E-state index contributed by atoms with van der Waals surface area (Å²) in [7, 11) is -0.300. The molecular formula is C25H23Br2O4S+. The van der Waals surface area contributed by atoms with Gasteiger partial charge in [-0.05, 0) is 74.5 Å². The van der Waals surface area contributed by atoms with E-state index in [-0.39, 0.29) is 24.1 Å². The van der Waals surface area contributed by atoms with Crippen molar-refractivity contribution < 1.29 is 19.1 Å². The summed E-state index contributed by atoms with van der Waals surface area (Å²) in [6.07, 6.45) is 0. The lowest BCUT2D eigenvalue weighted by molar-refractivity contribution is -0.146. The quantitative estimate of drug-likeness (QED) is 0.134. The van der Waals surface area contributed by atoms with E-state index < -0.39 is 16.3 Å². The second-order valence-corrected chi connectivity index (χ2v) is 12.3. The van der Waals surface area contributed by atoms with Crippen molar-refractivity contribution in [3.63, 3.8) is 0 Å². The number of benzene rings is 3. The molecule has 0 N–H and O–H groups in total. The number of carbonyl (C=O) groups is 2. The second-order valence-electron chi connectivity index (χ2n) is 7.34. The number of halogens is 2. The zero-order chi connectivity index (χ0) is 23.1. The molecule has 0 radical (unpaired) electrons. The van der Waals surface area contributed by atoms with E-state index in [1.165, 1.54) is 9.79 Å². The minimum absolute atomic E-state index is 0.00267. The summed E-state index contributed by atoms with van der Waals surface area (Å²) in [4.78, 5) is 27.6. The van der Waals surface area contributed by atoms with E-state index in [9.17, 15) is 9.59 Å². The standard InChI is InChI=1S/C25H23Br2O4S/c1-25(2,27)24(29)31-17-16-30-23(28)18-8-12-21(13-9-18)32(20-6-4-3-5-7-20)22-14-10-19(26)11-15-22/h3-15H,16-17H2,1-2H3/q+1. The maximum absolute atomic E-state index is 12.4. The van der Waals surface area contributed by atoms with Crippen LogP contribution in [0.5, 0.6) is 0 Å². The van der Waals surface area contributed by atoms with Crippen molar-refractivity contribution >= 4 is 54.7 Å². The van der Waals surface area contributed by atoms with Gasteiger partial charge in [-0.2, -0.15) is 0 Å². The minimum atomic E-state index is -0.766. The number of ether oxygens (including phenoxy) is 2. The number of esters is 2. The van der Waals surface area contributed by atoms with Crippen LogP contribution in [0, 0.1) is 0 Å². The molecule has 3 aromatic rings. The van der Waals surface area contributed by atoms with Gasteiger partial charge in [0, 0.05) is 4.47 Å². The molecule has 3 aromatic carbocycles. The Hall–Kier alpha value is -2.09. The van der Waals surface area contributed by atoms with Crippen molar-refractivity contribution in [2.75, 3.05) is 13.2 Å². The van der Waals surface area contributed by atoms with E-state index >= 15 is 0 Å². The Kier molecular flexibility index (Phi) is 8.57. The number of hydrogen-bond donors (Lipinski definition) is 0. The van der Waals surface area contributed by atoms with Gasteiger partial charge in [0.05, 0.1) is 16.5 Å². The molecule has 0 aromatic heterocycles. The van der Waals surface area contributed by atoms with Crippen molar-refractivity contribution in [2.24, 2.45) is 0 Å². The lowest BCUT2D eigenvalue weighted by Gasteiger charge is -2.14. The summed E-state index contributed by atoms with van der Waals surface area (Å²) in [5.74, 6) is -0.854. The molecule has 0 spiro atoms. The minimum Gasteiger partial charge on any atom is -0.461 e. The Morgan fingerprint density at radius 1 is 0.781 bits per heavy atom. The molecule has 0 aliphatic carbocycles. The van der Waals surface area contributed by atoms with E-state index in [0.717, 1.165) is 9.37 Å². The number of alkyl halides is 1. The third-order valence-corrected chi connectivity index (χ3v) is 7.47. The molecule has 7 heteroatoms. The topological polar surface area (TPSA) is 52.6 Å². The van der Waals surface area contributed by atoms with Crippen molar-refractivity contribution in [1.82, 2.24) is 0 Å². The third-order valence-electron chi connectivity index (χ3n) is 4.39. The van der Waals surface area contributed by atoms with Crippen LogP contribution in [0.2, 0.25) is 0 Å². The third kappa shape index (κ3) is 6.70. The van der Waals surface area contributed by atoms with Gasteiger partial charge in [-0.1, -0.05) is 50.1 Å². The van der Waals surface area contributed by atoms with Crippen LogP contribution >= 0.6 is 31.9 Å². The van der Waals surface area contributed by atoms with Crippen LogP contribution in [0.3, 0.4) is 0 Å². The van der Waals surface area contributed by atoms with E-state index in [2.05, 4.69) is 56.1 Å². The van der Waals surface area contributed by atoms with Gasteiger partial charge in [-0.15, -0.1) is 0 Å². The molecule has 4 nitrogen and oxygen atoms in total. The molecule has 0 saturated carbocycles. The number of carbonyl (C=O) groups excluding carboxylic acids is 2. The van der Waals surface area contributed by atoms with Crippen molar-refractivity contribution in [3.8, 4) is 0 Å². The Balaban J connectivity index is 1.70. The molecule has 32 heavy (non-hydrogen) atoms. The van der Waals surface area contributed by atoms with Crippen LogP contribution in [-0.4, -0.2) is 29.5 Å². The summed E-state index contributed by atoms with van der Waals surface area (Å²) in [6.45, 7) is 3.41. The molecule has 0 saturated heterocycles. The smallest absolute Gasteiger partial charge is 0.338 e. The highest BCUT2D eigenvalue weighted by atomic mass is 79.9. The molecule has 0 fully saturated rings. The summed E-state index contributed by atoms with van der Waals surface area (Å²) < 4.78 is 10.6. The Morgan fingerprint density at radius 3 is 1.84 bits per heavy atom. The van der Waals surface area contributed by atoms with Crippen LogP contribution in [0.25, 0.3) is 0 Å². The van der Waals surface area contributed by atoms with Gasteiger partial charge >= 0.3 is 11.9 Å². The molecule has 3 rings (SSSR count). The summed E-state index contributed by atoms with van der Waals surface area (Å²) in [5.41, 5.74) is 0.452. The number of hydrogen-bond acceptors (Lipinski definition) is 4. The normalized spacial score (nSPS) is 12.1. The highest BCUT2D eigenvalue weighted by molar-refractivity contribution is 9.10. The summed E-state index contributed by atoms with van der Waals surface area (Å²) >= 11 is 6.73. The van der Waals surface area contributed by atoms with Gasteiger partial charge in [-0.3, -0.25) is 4.79 Å². The van der Waals surface area contributed by atoms with Crippen molar-refractivity contribution in [2.45, 2.75) is 32.9 Å². The maximum Gasteiger partial charge on any atom is 0.338 e. The predicted molar refractivity (Wildman–Crippen MR) is 133 cm³/mol. The van der Waals surface area contributed by atoms with Gasteiger partial charge < -0.3 is 9.47 Å². The Morgan fingerprint density at radius 2 is 1.28 bits per heavy atom. The SMILES string of the molecule is CC(C)(Br)C(=O)OCCOC(=O)c1ccc([S+](c2ccccc2)c2ccc(Br)cc2)cc1. The van der Waals surface area contributed by atoms with Crippen LogP contribution in [0.4, 0.5) is 0 Å². The molecule has 0 aliphatic heterocycles. The van der Waals surface area contributed by atoms with Gasteiger partial charge in [0.25, 0.3) is 0 Å². The highest BCUT2D eigenvalue weighted by Crippen LogP contribution is 2.32. The van der Waals surface area contributed by atoms with Gasteiger partial charge in [0.15, 0.2) is 14.7 Å². The van der Waals surface area contributed by atoms with E-state index in [1.54, 1.807) is 26.0 Å². The summed E-state index contributed by atoms with van der Waals surface area (Å²) in [6, 6.07) is 26.0. The predicted octanol–water partition coefficient (Wildman–Crippen LogP) is 6.42. The van der Waals surface area contributed by atoms with Crippen LogP contribution in [0.1, 0.15) is 24.2 Å². The summed E-state index contributed by atoms with van der Waals surface area (Å²) in [5, 5.41) is 0. The molecule has 0 heterocycles. The average Bonchev–Trinajstić information content (AvgIpc) is 2.78. The van der Waals surface area contributed by atoms with Gasteiger partial charge in [0.1, 0.15) is 17.5 Å². The fraction of sp³-hybridized carbons (Fsp3) is 0.200. The fourth-order valence-electron chi connectivity index (χ4n) is 2.79.